The molecule has 1 aromatic rings. The summed E-state index contributed by atoms with van der Waals surface area (Å²) >= 11 is 0. The highest BCUT2D eigenvalue weighted by atomic mass is 19.3. The molecular formula is C32H48F4O. The molecule has 210 valence electrons. The third-order valence-electron chi connectivity index (χ3n) is 10.2. The maximum Gasteiger partial charge on any atom is 0.398 e. The van der Waals surface area contributed by atoms with E-state index in [0.717, 1.165) is 75.5 Å². The van der Waals surface area contributed by atoms with Crippen molar-refractivity contribution in [1.29, 1.82) is 0 Å². The molecule has 0 radical (unpaired) electrons. The minimum atomic E-state index is -3.57. The predicted molar refractivity (Wildman–Crippen MR) is 142 cm³/mol. The van der Waals surface area contributed by atoms with E-state index in [1.807, 2.05) is 0 Å². The molecule has 3 aliphatic carbocycles. The molecule has 5 heteroatoms. The molecule has 1 nitrogen and oxygen atoms in total. The second-order valence-corrected chi connectivity index (χ2v) is 12.6. The Kier molecular flexibility index (Phi) is 10.3. The molecule has 0 heterocycles. The maximum atomic E-state index is 14.7. The van der Waals surface area contributed by atoms with Crippen LogP contribution in [0.3, 0.4) is 0 Å². The minimum absolute atomic E-state index is 0.0860. The Hall–Kier alpha value is -1.26. The number of hydrogen-bond acceptors (Lipinski definition) is 1. The van der Waals surface area contributed by atoms with Gasteiger partial charge in [-0.3, -0.25) is 0 Å². The molecule has 0 bridgehead atoms. The summed E-state index contributed by atoms with van der Waals surface area (Å²) in [4.78, 5) is 0. The van der Waals surface area contributed by atoms with E-state index in [0.29, 0.717) is 17.9 Å². The number of alkyl halides is 2. The van der Waals surface area contributed by atoms with E-state index in [1.165, 1.54) is 50.7 Å². The van der Waals surface area contributed by atoms with Crippen molar-refractivity contribution in [1.82, 2.24) is 0 Å². The topological polar surface area (TPSA) is 9.23 Å². The first-order valence-corrected chi connectivity index (χ1v) is 15.3. The maximum absolute atomic E-state index is 14.7. The zero-order valence-corrected chi connectivity index (χ0v) is 23.1. The molecule has 0 atom stereocenters. The van der Waals surface area contributed by atoms with E-state index in [1.54, 1.807) is 0 Å². The van der Waals surface area contributed by atoms with Crippen LogP contribution in [0.1, 0.15) is 134 Å². The van der Waals surface area contributed by atoms with Crippen molar-refractivity contribution in [2.75, 3.05) is 0 Å². The van der Waals surface area contributed by atoms with Crippen molar-refractivity contribution in [3.8, 4) is 5.75 Å². The normalized spacial score (nSPS) is 31.3. The Morgan fingerprint density at radius 3 is 1.68 bits per heavy atom. The third-order valence-corrected chi connectivity index (χ3v) is 10.2. The van der Waals surface area contributed by atoms with Crippen molar-refractivity contribution >= 4 is 0 Å². The van der Waals surface area contributed by atoms with Gasteiger partial charge in [-0.2, -0.15) is 8.78 Å². The summed E-state index contributed by atoms with van der Waals surface area (Å²) in [6.45, 7) is 4.44. The Labute approximate surface area is 222 Å². The summed E-state index contributed by atoms with van der Waals surface area (Å²) in [5.41, 5.74) is 0.566. The molecule has 4 rings (SSSR count). The molecule has 0 spiro atoms. The summed E-state index contributed by atoms with van der Waals surface area (Å²) in [7, 11) is 0. The summed E-state index contributed by atoms with van der Waals surface area (Å²) in [6, 6.07) is 2.42. The Bertz CT molecular complexity index is 808. The van der Waals surface area contributed by atoms with Gasteiger partial charge in [0.2, 0.25) is 0 Å². The molecule has 0 amide bonds. The van der Waals surface area contributed by atoms with Crippen molar-refractivity contribution in [2.24, 2.45) is 29.6 Å². The summed E-state index contributed by atoms with van der Waals surface area (Å²) < 4.78 is 63.5. The van der Waals surface area contributed by atoms with Gasteiger partial charge in [0, 0.05) is 0 Å². The molecule has 37 heavy (non-hydrogen) atoms. The molecule has 3 saturated carbocycles. The van der Waals surface area contributed by atoms with E-state index >= 15 is 0 Å². The Morgan fingerprint density at radius 1 is 0.703 bits per heavy atom. The van der Waals surface area contributed by atoms with Gasteiger partial charge < -0.3 is 4.74 Å². The smallest absolute Gasteiger partial charge is 0.398 e. The van der Waals surface area contributed by atoms with Crippen LogP contribution in [-0.4, -0.2) is 6.11 Å². The summed E-state index contributed by atoms with van der Waals surface area (Å²) in [5.74, 6) is 0.518. The number of hydrogen-bond donors (Lipinski definition) is 0. The SMILES string of the molecule is CCCC1CCC(C2CCC(CCC(F)(F)Oc3c(F)cc(C4CCC(CC)CC4)cc3F)CC2)CC1. The molecule has 0 unspecified atom stereocenters. The van der Waals surface area contributed by atoms with Crippen LogP contribution >= 0.6 is 0 Å². The molecule has 1 aromatic carbocycles. The zero-order chi connectivity index (χ0) is 26.4. The Morgan fingerprint density at radius 2 is 1.19 bits per heavy atom. The fourth-order valence-electron chi connectivity index (χ4n) is 7.69. The molecule has 0 saturated heterocycles. The van der Waals surface area contributed by atoms with Crippen LogP contribution in [0, 0.1) is 41.2 Å². The lowest BCUT2D eigenvalue weighted by molar-refractivity contribution is -0.186. The quantitative estimate of drug-likeness (QED) is 0.277. The lowest BCUT2D eigenvalue weighted by atomic mass is 9.68. The van der Waals surface area contributed by atoms with Gasteiger partial charge in [-0.1, -0.05) is 58.8 Å². The van der Waals surface area contributed by atoms with E-state index in [2.05, 4.69) is 13.8 Å². The number of ether oxygens (including phenoxy) is 1. The summed E-state index contributed by atoms with van der Waals surface area (Å²) in [5, 5.41) is 0. The van der Waals surface area contributed by atoms with Crippen LogP contribution in [0.5, 0.6) is 5.75 Å². The molecule has 0 N–H and O–H groups in total. The van der Waals surface area contributed by atoms with Crippen LogP contribution in [0.25, 0.3) is 0 Å². The fourth-order valence-corrected chi connectivity index (χ4v) is 7.69. The standard InChI is InChI=1S/C32H48F4O/c1-3-5-23-8-14-25(15-9-23)26-16-10-24(11-17-26)18-19-32(35,36)37-31-29(33)20-28(21-30(31)34)27-12-6-22(4-2)7-13-27/h20-27H,3-19H2,1-2H3. The highest BCUT2D eigenvalue weighted by Gasteiger charge is 2.37. The minimum Gasteiger partial charge on any atom is -0.426 e. The van der Waals surface area contributed by atoms with Crippen LogP contribution in [0.4, 0.5) is 17.6 Å². The average Bonchev–Trinajstić information content (AvgIpc) is 2.90. The van der Waals surface area contributed by atoms with Gasteiger partial charge >= 0.3 is 6.11 Å². The van der Waals surface area contributed by atoms with Crippen LogP contribution < -0.4 is 4.74 Å². The first kappa shape index (κ1) is 28.7. The molecular weight excluding hydrogens is 476 g/mol. The summed E-state index contributed by atoms with van der Waals surface area (Å²) in [6.07, 6.45) is 13.5. The van der Waals surface area contributed by atoms with Crippen LogP contribution in [0.2, 0.25) is 0 Å². The second kappa shape index (κ2) is 13.2. The lowest BCUT2D eigenvalue weighted by Gasteiger charge is -2.38. The first-order valence-electron chi connectivity index (χ1n) is 15.3. The van der Waals surface area contributed by atoms with E-state index in [9.17, 15) is 17.6 Å². The van der Waals surface area contributed by atoms with Crippen molar-refractivity contribution in [3.05, 3.63) is 29.3 Å². The lowest BCUT2D eigenvalue weighted by Crippen LogP contribution is -2.29. The average molecular weight is 525 g/mol. The zero-order valence-electron chi connectivity index (χ0n) is 23.1. The van der Waals surface area contributed by atoms with Crippen LogP contribution in [-0.2, 0) is 0 Å². The van der Waals surface area contributed by atoms with Crippen molar-refractivity contribution < 1.29 is 22.3 Å². The predicted octanol–water partition coefficient (Wildman–Crippen LogP) is 10.8. The van der Waals surface area contributed by atoms with Gasteiger partial charge in [-0.15, -0.1) is 0 Å². The van der Waals surface area contributed by atoms with Crippen LogP contribution in [0.15, 0.2) is 12.1 Å². The van der Waals surface area contributed by atoms with Crippen molar-refractivity contribution in [3.63, 3.8) is 0 Å². The number of rotatable bonds is 10. The van der Waals surface area contributed by atoms with Gasteiger partial charge in [-0.05, 0) is 111 Å². The van der Waals surface area contributed by atoms with E-state index in [4.69, 9.17) is 4.74 Å². The fraction of sp³-hybridized carbons (Fsp3) is 0.812. The molecule has 3 fully saturated rings. The van der Waals surface area contributed by atoms with Gasteiger partial charge in [0.05, 0.1) is 6.42 Å². The van der Waals surface area contributed by atoms with Gasteiger partial charge in [0.1, 0.15) is 0 Å². The number of benzene rings is 1. The third kappa shape index (κ3) is 7.88. The molecule has 0 aliphatic heterocycles. The molecule has 3 aliphatic rings. The second-order valence-electron chi connectivity index (χ2n) is 12.6. The highest BCUT2D eigenvalue weighted by molar-refractivity contribution is 5.33. The van der Waals surface area contributed by atoms with Gasteiger partial charge in [0.15, 0.2) is 17.4 Å². The Balaban J connectivity index is 1.23. The van der Waals surface area contributed by atoms with Crippen molar-refractivity contribution in [2.45, 2.75) is 135 Å². The van der Waals surface area contributed by atoms with E-state index < -0.39 is 29.9 Å². The first-order chi connectivity index (χ1) is 17.8. The number of halogens is 4. The van der Waals surface area contributed by atoms with Gasteiger partial charge in [0.25, 0.3) is 0 Å². The monoisotopic (exact) mass is 524 g/mol. The largest absolute Gasteiger partial charge is 0.426 e. The van der Waals surface area contributed by atoms with Gasteiger partial charge in [-0.25, -0.2) is 8.78 Å². The molecule has 0 aromatic heterocycles. The van der Waals surface area contributed by atoms with E-state index in [-0.39, 0.29) is 11.8 Å². The highest BCUT2D eigenvalue weighted by Crippen LogP contribution is 2.44.